The van der Waals surface area contributed by atoms with Crippen molar-refractivity contribution in [3.63, 3.8) is 0 Å². The molecule has 0 aliphatic carbocycles. The Hall–Kier alpha value is -3.35. The molecule has 0 aromatic rings. The van der Waals surface area contributed by atoms with Crippen molar-refractivity contribution in [2.24, 2.45) is 0 Å². The second kappa shape index (κ2) is 55.7. The molecule has 14 nitrogen and oxygen atoms in total. The summed E-state index contributed by atoms with van der Waals surface area (Å²) >= 11 is 0. The van der Waals surface area contributed by atoms with Gasteiger partial charge in [-0.25, -0.2) is 0 Å². The molecule has 86 heavy (non-hydrogen) atoms. The molecule has 14 heteroatoms. The standard InChI is InChI=1S/C72H123NO13/c1-3-5-7-9-11-13-15-17-18-19-20-21-22-23-24-25-26-27-28-29-30-31-32-33-34-35-36-37-38-39-40-41-42-44-46-48-50-52-54-56-64(77)73-60(61(76)55-53-51-49-47-45-43-16-14-12-10-8-6-4-2)59-83-71-69(82)67(80)70(63(58-75)85-71)86-72-68(81)66(79)65(78)62(57-74)84-72/h5,7,11,13,17-18,20-21,23-24,26-27,29-30,45,47,53,55,60-63,65-72,74-76,78-82H,3-4,6,8-10,12,14-16,19,22,25,28,31-44,46,48-52,54,56-59H2,1-2H3,(H,73,77)/b7-5-,13-11-,18-17-,21-20-,24-23-,27-26-,30-29-,47-45+,55-53+. The van der Waals surface area contributed by atoms with Crippen LogP contribution >= 0.6 is 0 Å². The molecule has 0 aromatic heterocycles. The third-order valence-corrected chi connectivity index (χ3v) is 15.9. The first-order chi connectivity index (χ1) is 42.1. The molecule has 0 spiro atoms. The third kappa shape index (κ3) is 39.6. The number of unbranched alkanes of at least 4 members (excludes halogenated alkanes) is 25. The van der Waals surface area contributed by atoms with Crippen LogP contribution in [0.15, 0.2) is 109 Å². The number of rotatable bonds is 54. The number of hydrogen-bond donors (Lipinski definition) is 9. The van der Waals surface area contributed by atoms with E-state index in [2.05, 4.69) is 116 Å². The molecule has 0 radical (unpaired) electrons. The lowest BCUT2D eigenvalue weighted by molar-refractivity contribution is -0.359. The summed E-state index contributed by atoms with van der Waals surface area (Å²) in [6, 6.07) is -0.935. The van der Waals surface area contributed by atoms with E-state index < -0.39 is 86.8 Å². The van der Waals surface area contributed by atoms with E-state index in [1.54, 1.807) is 6.08 Å². The molecule has 494 valence electrons. The van der Waals surface area contributed by atoms with Gasteiger partial charge in [0.1, 0.15) is 48.8 Å². The van der Waals surface area contributed by atoms with Crippen LogP contribution in [-0.4, -0.2) is 140 Å². The lowest BCUT2D eigenvalue weighted by Gasteiger charge is -2.46. The topological polar surface area (TPSA) is 228 Å². The van der Waals surface area contributed by atoms with Crippen molar-refractivity contribution in [2.45, 2.75) is 319 Å². The average Bonchev–Trinajstić information content (AvgIpc) is 2.76. The van der Waals surface area contributed by atoms with Crippen molar-refractivity contribution in [3.05, 3.63) is 109 Å². The highest BCUT2D eigenvalue weighted by molar-refractivity contribution is 5.76. The van der Waals surface area contributed by atoms with Gasteiger partial charge in [0, 0.05) is 6.42 Å². The molecular formula is C72H123NO13. The second-order valence-electron chi connectivity index (χ2n) is 23.6. The van der Waals surface area contributed by atoms with Crippen LogP contribution in [-0.2, 0) is 23.7 Å². The molecule has 12 unspecified atom stereocenters. The zero-order valence-corrected chi connectivity index (χ0v) is 53.5. The van der Waals surface area contributed by atoms with Crippen LogP contribution in [0.3, 0.4) is 0 Å². The summed E-state index contributed by atoms with van der Waals surface area (Å²) in [7, 11) is 0. The number of carbonyl (C=O) groups is 1. The van der Waals surface area contributed by atoms with E-state index in [0.29, 0.717) is 12.8 Å². The van der Waals surface area contributed by atoms with Crippen LogP contribution in [0.5, 0.6) is 0 Å². The van der Waals surface area contributed by atoms with Crippen molar-refractivity contribution in [1.82, 2.24) is 5.32 Å². The fourth-order valence-electron chi connectivity index (χ4n) is 10.5. The highest BCUT2D eigenvalue weighted by Crippen LogP contribution is 2.30. The normalized spacial score (nSPS) is 24.1. The number of carbonyl (C=O) groups excluding carboxylic acids is 1. The average molecular weight is 1210 g/mol. The Balaban J connectivity index is 1.59. The van der Waals surface area contributed by atoms with Crippen molar-refractivity contribution >= 4 is 5.91 Å². The number of nitrogens with one attached hydrogen (secondary N) is 1. The Morgan fingerprint density at radius 3 is 1.28 bits per heavy atom. The van der Waals surface area contributed by atoms with Gasteiger partial charge < -0.3 is 65.1 Å². The second-order valence-corrected chi connectivity index (χ2v) is 23.6. The predicted molar refractivity (Wildman–Crippen MR) is 350 cm³/mol. The molecule has 2 aliphatic rings. The highest BCUT2D eigenvalue weighted by Gasteiger charge is 2.51. The van der Waals surface area contributed by atoms with Gasteiger partial charge in [0.25, 0.3) is 0 Å². The molecule has 0 bridgehead atoms. The Kier molecular flexibility index (Phi) is 51.0. The zero-order chi connectivity index (χ0) is 62.3. The molecule has 2 saturated heterocycles. The van der Waals surface area contributed by atoms with Crippen LogP contribution in [0.2, 0.25) is 0 Å². The Bertz CT molecular complexity index is 1860. The molecule has 0 aromatic carbocycles. The molecule has 2 fully saturated rings. The molecule has 2 heterocycles. The van der Waals surface area contributed by atoms with Gasteiger partial charge in [0.05, 0.1) is 32.0 Å². The summed E-state index contributed by atoms with van der Waals surface area (Å²) in [5, 5.41) is 87.1. The summed E-state index contributed by atoms with van der Waals surface area (Å²) in [6.45, 7) is 2.65. The van der Waals surface area contributed by atoms with Crippen LogP contribution < -0.4 is 5.32 Å². The van der Waals surface area contributed by atoms with Gasteiger partial charge in [-0.05, 0) is 89.9 Å². The first kappa shape index (κ1) is 78.7. The van der Waals surface area contributed by atoms with E-state index in [0.717, 1.165) is 77.0 Å². The van der Waals surface area contributed by atoms with Gasteiger partial charge in [-0.3, -0.25) is 4.79 Å². The minimum atomic E-state index is -1.79. The smallest absolute Gasteiger partial charge is 0.220 e. The molecule has 0 saturated carbocycles. The molecule has 9 N–H and O–H groups in total. The minimum Gasteiger partial charge on any atom is -0.394 e. The van der Waals surface area contributed by atoms with Crippen LogP contribution in [0.25, 0.3) is 0 Å². The van der Waals surface area contributed by atoms with E-state index in [1.165, 1.54) is 135 Å². The molecular weight excluding hydrogens is 1090 g/mol. The summed E-state index contributed by atoms with van der Waals surface area (Å²) in [5.41, 5.74) is 0. The predicted octanol–water partition coefficient (Wildman–Crippen LogP) is 13.6. The SMILES string of the molecule is CC/C=C\C/C=C\C/C=C\C/C=C\C/C=C\C/C=C\C/C=C\CCCCCCCCCCCCCCCCCCCC(=O)NC(COC1OC(CO)C(OC2OC(CO)C(O)C(O)C2O)C(O)C1O)C(O)/C=C/CC/C=C/CCCCCCCCC. The minimum absolute atomic E-state index is 0.252. The Labute approximate surface area is 521 Å². The van der Waals surface area contributed by atoms with Gasteiger partial charge in [-0.2, -0.15) is 0 Å². The third-order valence-electron chi connectivity index (χ3n) is 15.9. The number of allylic oxidation sites excluding steroid dienone is 17. The summed E-state index contributed by atoms with van der Waals surface area (Å²) in [5.74, 6) is -0.252. The number of hydrogen-bond acceptors (Lipinski definition) is 13. The maximum absolute atomic E-state index is 13.3. The largest absolute Gasteiger partial charge is 0.394 e. The maximum Gasteiger partial charge on any atom is 0.220 e. The van der Waals surface area contributed by atoms with Crippen molar-refractivity contribution < 1.29 is 64.6 Å². The first-order valence-electron chi connectivity index (χ1n) is 34.1. The Morgan fingerprint density at radius 1 is 0.430 bits per heavy atom. The van der Waals surface area contributed by atoms with Crippen molar-refractivity contribution in [1.29, 1.82) is 0 Å². The van der Waals surface area contributed by atoms with Crippen LogP contribution in [0.1, 0.15) is 245 Å². The van der Waals surface area contributed by atoms with E-state index in [-0.39, 0.29) is 18.9 Å². The monoisotopic (exact) mass is 1210 g/mol. The summed E-state index contributed by atoms with van der Waals surface area (Å²) in [4.78, 5) is 13.3. The fourth-order valence-corrected chi connectivity index (χ4v) is 10.5. The van der Waals surface area contributed by atoms with E-state index in [1.807, 2.05) is 6.08 Å². The maximum atomic E-state index is 13.3. The molecule has 2 rings (SSSR count). The highest BCUT2D eigenvalue weighted by atomic mass is 16.7. The number of aliphatic hydroxyl groups is 8. The van der Waals surface area contributed by atoms with Gasteiger partial charge in [-0.1, -0.05) is 258 Å². The molecule has 12 atom stereocenters. The van der Waals surface area contributed by atoms with Gasteiger partial charge in [0.2, 0.25) is 5.91 Å². The zero-order valence-electron chi connectivity index (χ0n) is 53.5. The van der Waals surface area contributed by atoms with Crippen LogP contribution in [0.4, 0.5) is 0 Å². The molecule has 1 amide bonds. The Morgan fingerprint density at radius 2 is 0.814 bits per heavy atom. The van der Waals surface area contributed by atoms with E-state index in [4.69, 9.17) is 18.9 Å². The quantitative estimate of drug-likeness (QED) is 0.0204. The summed E-state index contributed by atoms with van der Waals surface area (Å²) < 4.78 is 22.8. The van der Waals surface area contributed by atoms with Gasteiger partial charge in [-0.15, -0.1) is 0 Å². The number of ether oxygens (including phenoxy) is 4. The molecule has 2 aliphatic heterocycles. The van der Waals surface area contributed by atoms with E-state index in [9.17, 15) is 45.6 Å². The number of aliphatic hydroxyl groups excluding tert-OH is 8. The van der Waals surface area contributed by atoms with Crippen molar-refractivity contribution in [2.75, 3.05) is 19.8 Å². The van der Waals surface area contributed by atoms with E-state index >= 15 is 0 Å². The number of amides is 1. The summed E-state index contributed by atoms with van der Waals surface area (Å²) in [6.07, 6.45) is 63.0. The lowest BCUT2D eigenvalue weighted by atomic mass is 9.97. The van der Waals surface area contributed by atoms with Crippen molar-refractivity contribution in [3.8, 4) is 0 Å². The van der Waals surface area contributed by atoms with Gasteiger partial charge in [0.15, 0.2) is 12.6 Å². The first-order valence-corrected chi connectivity index (χ1v) is 34.1. The van der Waals surface area contributed by atoms with Crippen LogP contribution in [0, 0.1) is 0 Å². The lowest BCUT2D eigenvalue weighted by Crippen LogP contribution is -2.65. The van der Waals surface area contributed by atoms with Gasteiger partial charge >= 0.3 is 0 Å². The fraction of sp³-hybridized carbons (Fsp3) is 0.736.